The van der Waals surface area contributed by atoms with Crippen LogP contribution in [0.3, 0.4) is 0 Å². The van der Waals surface area contributed by atoms with Crippen molar-refractivity contribution in [2.45, 2.75) is 19.1 Å². The standard InChI is InChI=1S/C26H23F2N5O3/c1-2-35-24(34)23(31-36-25(27)28)22-18-29-33(30-22)32-26(19-12-6-3-7-13-19,20-14-8-4-9-15-20)21-16-10-5-11-17-21/h3-18,25,32H,2H2,1H3. The van der Waals surface area contributed by atoms with E-state index in [0.717, 1.165) is 16.7 Å². The average molecular weight is 491 g/mol. The highest BCUT2D eigenvalue weighted by Gasteiger charge is 2.37. The number of esters is 1. The van der Waals surface area contributed by atoms with E-state index in [1.165, 1.54) is 11.1 Å². The lowest BCUT2D eigenvalue weighted by atomic mass is 9.77. The Balaban J connectivity index is 1.83. The van der Waals surface area contributed by atoms with Crippen molar-refractivity contribution in [2.75, 3.05) is 12.0 Å². The van der Waals surface area contributed by atoms with Gasteiger partial charge in [-0.2, -0.15) is 8.78 Å². The van der Waals surface area contributed by atoms with Gasteiger partial charge in [-0.3, -0.25) is 5.43 Å². The summed E-state index contributed by atoms with van der Waals surface area (Å²) in [5.74, 6) is -0.967. The van der Waals surface area contributed by atoms with Gasteiger partial charge in [-0.05, 0) is 23.6 Å². The predicted molar refractivity (Wildman–Crippen MR) is 129 cm³/mol. The summed E-state index contributed by atoms with van der Waals surface area (Å²) in [6, 6.07) is 29.1. The second-order valence-electron chi connectivity index (χ2n) is 7.51. The van der Waals surface area contributed by atoms with Gasteiger partial charge in [-0.25, -0.2) is 4.79 Å². The van der Waals surface area contributed by atoms with Crippen LogP contribution in [-0.2, 0) is 19.9 Å². The lowest BCUT2D eigenvalue weighted by Gasteiger charge is -2.36. The van der Waals surface area contributed by atoms with Crippen LogP contribution in [-0.4, -0.2) is 40.0 Å². The molecule has 3 aromatic carbocycles. The first-order chi connectivity index (χ1) is 17.5. The number of hydrogen-bond donors (Lipinski definition) is 1. The lowest BCUT2D eigenvalue weighted by molar-refractivity contribution is -0.138. The molecule has 0 unspecified atom stereocenters. The second kappa shape index (κ2) is 11.2. The largest absolute Gasteiger partial charge is 0.461 e. The monoisotopic (exact) mass is 491 g/mol. The number of carbonyl (C=O) groups excluding carboxylic acids is 1. The molecule has 0 bridgehead atoms. The molecule has 0 amide bonds. The fourth-order valence-corrected chi connectivity index (χ4v) is 3.81. The van der Waals surface area contributed by atoms with E-state index in [-0.39, 0.29) is 12.3 Å². The third-order valence-electron chi connectivity index (χ3n) is 5.32. The first-order valence-corrected chi connectivity index (χ1v) is 11.1. The molecule has 0 aliphatic rings. The molecule has 0 atom stereocenters. The van der Waals surface area contributed by atoms with Crippen molar-refractivity contribution in [1.82, 2.24) is 15.1 Å². The van der Waals surface area contributed by atoms with E-state index in [1.54, 1.807) is 6.92 Å². The molecular weight excluding hydrogens is 468 g/mol. The summed E-state index contributed by atoms with van der Waals surface area (Å²) in [5.41, 5.74) is 4.43. The number of halogens is 2. The van der Waals surface area contributed by atoms with E-state index in [0.29, 0.717) is 0 Å². The second-order valence-corrected chi connectivity index (χ2v) is 7.51. The van der Waals surface area contributed by atoms with Crippen LogP contribution in [0.1, 0.15) is 29.3 Å². The van der Waals surface area contributed by atoms with Gasteiger partial charge >= 0.3 is 12.6 Å². The SMILES string of the molecule is CCOC(=O)C(=NOC(F)F)c1cnn(NC(c2ccccc2)(c2ccccc2)c2ccccc2)n1. The quantitative estimate of drug-likeness (QED) is 0.154. The highest BCUT2D eigenvalue weighted by molar-refractivity contribution is 6.42. The molecule has 4 rings (SSSR count). The third-order valence-corrected chi connectivity index (χ3v) is 5.32. The van der Waals surface area contributed by atoms with Gasteiger partial charge in [0.15, 0.2) is 0 Å². The molecule has 0 aliphatic heterocycles. The summed E-state index contributed by atoms with van der Waals surface area (Å²) in [5, 5.41) is 11.8. The number of alkyl halides is 2. The summed E-state index contributed by atoms with van der Waals surface area (Å²) in [6.45, 7) is -1.63. The van der Waals surface area contributed by atoms with Gasteiger partial charge in [0.25, 0.3) is 0 Å². The number of carbonyl (C=O) groups is 1. The number of rotatable bonds is 10. The Morgan fingerprint density at radius 1 is 0.944 bits per heavy atom. The van der Waals surface area contributed by atoms with Crippen LogP contribution < -0.4 is 5.43 Å². The maximum Gasteiger partial charge on any atom is 0.407 e. The van der Waals surface area contributed by atoms with Gasteiger partial charge < -0.3 is 9.57 Å². The normalized spacial score (nSPS) is 11.8. The summed E-state index contributed by atoms with van der Waals surface area (Å²) in [7, 11) is 0. The van der Waals surface area contributed by atoms with Gasteiger partial charge in [0.2, 0.25) is 5.71 Å². The van der Waals surface area contributed by atoms with Gasteiger partial charge in [0.05, 0.1) is 12.8 Å². The minimum atomic E-state index is -3.22. The van der Waals surface area contributed by atoms with Gasteiger partial charge in [0, 0.05) is 0 Å². The average Bonchev–Trinajstić information content (AvgIpc) is 3.37. The highest BCUT2D eigenvalue weighted by Crippen LogP contribution is 2.37. The fraction of sp³-hybridized carbons (Fsp3) is 0.154. The number of ether oxygens (including phenoxy) is 1. The zero-order chi connectivity index (χ0) is 25.4. The van der Waals surface area contributed by atoms with Crippen molar-refractivity contribution >= 4 is 11.7 Å². The van der Waals surface area contributed by atoms with E-state index in [2.05, 4.69) is 25.6 Å². The zero-order valence-corrected chi connectivity index (χ0v) is 19.3. The van der Waals surface area contributed by atoms with Crippen molar-refractivity contribution in [1.29, 1.82) is 0 Å². The summed E-state index contributed by atoms with van der Waals surface area (Å²) < 4.78 is 30.1. The molecule has 1 N–H and O–H groups in total. The van der Waals surface area contributed by atoms with Crippen molar-refractivity contribution < 1.29 is 23.1 Å². The van der Waals surface area contributed by atoms with Crippen LogP contribution in [0.15, 0.2) is 102 Å². The molecule has 184 valence electrons. The maximum atomic E-state index is 12.6. The summed E-state index contributed by atoms with van der Waals surface area (Å²) in [6.07, 6.45) is 1.21. The third kappa shape index (κ3) is 5.22. The highest BCUT2D eigenvalue weighted by atomic mass is 19.3. The molecule has 8 nitrogen and oxygen atoms in total. The molecule has 36 heavy (non-hydrogen) atoms. The Kier molecular flexibility index (Phi) is 7.64. The van der Waals surface area contributed by atoms with Crippen molar-refractivity contribution in [2.24, 2.45) is 5.16 Å². The number of oxime groups is 1. The van der Waals surface area contributed by atoms with Crippen LogP contribution in [0.2, 0.25) is 0 Å². The summed E-state index contributed by atoms with van der Waals surface area (Å²) in [4.78, 5) is 17.5. The molecule has 4 aromatic rings. The van der Waals surface area contributed by atoms with E-state index < -0.39 is 23.8 Å². The Bertz CT molecular complexity index is 1200. The Morgan fingerprint density at radius 2 is 1.44 bits per heavy atom. The smallest absolute Gasteiger partial charge is 0.407 e. The van der Waals surface area contributed by atoms with Crippen LogP contribution in [0.5, 0.6) is 0 Å². The molecule has 0 fully saturated rings. The van der Waals surface area contributed by atoms with E-state index in [4.69, 9.17) is 4.74 Å². The maximum absolute atomic E-state index is 12.6. The van der Waals surface area contributed by atoms with Gasteiger partial charge in [-0.15, -0.1) is 10.2 Å². The fourth-order valence-electron chi connectivity index (χ4n) is 3.81. The van der Waals surface area contributed by atoms with E-state index in [9.17, 15) is 13.6 Å². The number of nitrogens with zero attached hydrogens (tertiary/aromatic N) is 4. The molecule has 1 aromatic heterocycles. The predicted octanol–water partition coefficient (Wildman–Crippen LogP) is 4.32. The molecule has 10 heteroatoms. The van der Waals surface area contributed by atoms with Crippen LogP contribution in [0.25, 0.3) is 0 Å². The lowest BCUT2D eigenvalue weighted by Crippen LogP contribution is -2.44. The number of hydrogen-bond acceptors (Lipinski definition) is 7. The molecule has 0 spiro atoms. The van der Waals surface area contributed by atoms with Crippen molar-refractivity contribution in [3.63, 3.8) is 0 Å². The first kappa shape index (κ1) is 24.5. The Morgan fingerprint density at radius 3 is 1.89 bits per heavy atom. The zero-order valence-electron chi connectivity index (χ0n) is 19.3. The molecule has 0 saturated heterocycles. The van der Waals surface area contributed by atoms with Crippen molar-refractivity contribution in [3.05, 3.63) is 120 Å². The topological polar surface area (TPSA) is 90.6 Å². The minimum Gasteiger partial charge on any atom is -0.461 e. The van der Waals surface area contributed by atoms with Crippen LogP contribution in [0.4, 0.5) is 8.78 Å². The first-order valence-electron chi connectivity index (χ1n) is 11.1. The van der Waals surface area contributed by atoms with E-state index in [1.807, 2.05) is 91.0 Å². The molecule has 1 heterocycles. The van der Waals surface area contributed by atoms with Crippen LogP contribution >= 0.6 is 0 Å². The number of benzene rings is 3. The molecule has 0 aliphatic carbocycles. The van der Waals surface area contributed by atoms with E-state index >= 15 is 0 Å². The Labute approximate surface area is 206 Å². The summed E-state index contributed by atoms with van der Waals surface area (Å²) >= 11 is 0. The number of aromatic nitrogens is 3. The molecule has 0 radical (unpaired) electrons. The van der Waals surface area contributed by atoms with Gasteiger partial charge in [0.1, 0.15) is 11.2 Å². The molecular formula is C26H23F2N5O3. The van der Waals surface area contributed by atoms with Gasteiger partial charge in [-0.1, -0.05) is 101 Å². The van der Waals surface area contributed by atoms with Crippen LogP contribution in [0, 0.1) is 0 Å². The van der Waals surface area contributed by atoms with Crippen molar-refractivity contribution in [3.8, 4) is 0 Å². The minimum absolute atomic E-state index is 0.0120. The molecule has 0 saturated carbocycles. The Hall–Kier alpha value is -4.60. The number of nitrogens with one attached hydrogen (secondary N) is 1.